The van der Waals surface area contributed by atoms with Gasteiger partial charge < -0.3 is 4.74 Å². The minimum Gasteiger partial charge on any atom is -0.457 e. The highest BCUT2D eigenvalue weighted by molar-refractivity contribution is 7.25. The van der Waals surface area contributed by atoms with Crippen molar-refractivity contribution in [3.05, 3.63) is 139 Å². The topological polar surface area (TPSA) is 38.2 Å². The Kier molecular flexibility index (Phi) is 5.62. The molecule has 0 amide bonds. The quantitative estimate of drug-likeness (QED) is 0.214. The minimum atomic E-state index is -0.216. The number of fused-ring (bicyclic) bond motifs is 5. The van der Waals surface area contributed by atoms with E-state index in [-0.39, 0.29) is 5.41 Å². The van der Waals surface area contributed by atoms with E-state index in [4.69, 9.17) is 9.72 Å². The first-order valence-electron chi connectivity index (χ1n) is 14.1. The van der Waals surface area contributed by atoms with Gasteiger partial charge in [-0.05, 0) is 66.2 Å². The Morgan fingerprint density at radius 1 is 0.643 bits per heavy atom. The molecule has 0 atom stereocenters. The van der Waals surface area contributed by atoms with Crippen LogP contribution < -0.4 is 9.64 Å². The van der Waals surface area contributed by atoms with Crippen molar-refractivity contribution in [1.82, 2.24) is 9.97 Å². The number of aromatic nitrogens is 2. The Labute approximate surface area is 248 Å². The van der Waals surface area contributed by atoms with Crippen molar-refractivity contribution in [3.63, 3.8) is 0 Å². The predicted octanol–water partition coefficient (Wildman–Crippen LogP) is 10.4. The van der Waals surface area contributed by atoms with Crippen LogP contribution in [0.15, 0.2) is 128 Å². The lowest BCUT2D eigenvalue weighted by atomic mass is 9.74. The average molecular weight is 562 g/mol. The van der Waals surface area contributed by atoms with Gasteiger partial charge in [0, 0.05) is 55.2 Å². The second-order valence-electron chi connectivity index (χ2n) is 11.1. The number of hydrogen-bond donors (Lipinski definition) is 0. The Balaban J connectivity index is 1.26. The van der Waals surface area contributed by atoms with Crippen molar-refractivity contribution in [2.45, 2.75) is 19.3 Å². The summed E-state index contributed by atoms with van der Waals surface area (Å²) in [6, 6.07) is 39.9. The number of pyridine rings is 2. The maximum absolute atomic E-state index is 6.43. The van der Waals surface area contributed by atoms with Gasteiger partial charge in [0.1, 0.15) is 17.3 Å². The Hall–Kier alpha value is -5.00. The average Bonchev–Trinajstić information content (AvgIpc) is 3.39. The molecule has 0 bridgehead atoms. The Bertz CT molecular complexity index is 2120. The fraction of sp³-hybridized carbons (Fsp3) is 0.0811. The van der Waals surface area contributed by atoms with Gasteiger partial charge in [0.05, 0.1) is 17.1 Å². The summed E-state index contributed by atoms with van der Waals surface area (Å²) in [5.74, 6) is 2.48. The molecule has 8 rings (SSSR count). The van der Waals surface area contributed by atoms with Crippen LogP contribution in [-0.4, -0.2) is 9.97 Å². The molecular weight excluding hydrogens is 534 g/mol. The number of thiophene rings is 1. The predicted molar refractivity (Wildman–Crippen MR) is 174 cm³/mol. The number of benzene rings is 4. The second kappa shape index (κ2) is 9.54. The highest BCUT2D eigenvalue weighted by atomic mass is 32.1. The summed E-state index contributed by atoms with van der Waals surface area (Å²) in [7, 11) is 0. The Morgan fingerprint density at radius 3 is 2.33 bits per heavy atom. The zero-order chi connectivity index (χ0) is 28.3. The van der Waals surface area contributed by atoms with Crippen molar-refractivity contribution < 1.29 is 4.74 Å². The van der Waals surface area contributed by atoms with Gasteiger partial charge in [-0.2, -0.15) is 0 Å². The normalized spacial score (nSPS) is 13.6. The maximum atomic E-state index is 6.43. The van der Waals surface area contributed by atoms with Crippen LogP contribution in [0.2, 0.25) is 0 Å². The molecule has 0 fully saturated rings. The number of nitrogens with zero attached hydrogens (tertiary/aromatic N) is 3. The van der Waals surface area contributed by atoms with Crippen LogP contribution in [0.4, 0.5) is 17.2 Å². The first-order valence-corrected chi connectivity index (χ1v) is 14.9. The molecule has 0 saturated carbocycles. The van der Waals surface area contributed by atoms with Crippen LogP contribution in [-0.2, 0) is 5.41 Å². The summed E-state index contributed by atoms with van der Waals surface area (Å²) >= 11 is 1.84. The van der Waals surface area contributed by atoms with E-state index < -0.39 is 0 Å². The minimum absolute atomic E-state index is 0.216. The number of anilines is 3. The number of hydrogen-bond acceptors (Lipinski definition) is 5. The summed E-state index contributed by atoms with van der Waals surface area (Å²) in [6.45, 7) is 4.61. The van der Waals surface area contributed by atoms with Crippen LogP contribution >= 0.6 is 11.3 Å². The van der Waals surface area contributed by atoms with Crippen molar-refractivity contribution in [2.75, 3.05) is 4.90 Å². The first kappa shape index (κ1) is 24.8. The van der Waals surface area contributed by atoms with E-state index in [1.165, 1.54) is 31.3 Å². The fourth-order valence-corrected chi connectivity index (χ4v) is 7.23. The largest absolute Gasteiger partial charge is 0.457 e. The van der Waals surface area contributed by atoms with E-state index >= 15 is 0 Å². The summed E-state index contributed by atoms with van der Waals surface area (Å²) < 4.78 is 9.00. The maximum Gasteiger partial charge on any atom is 0.141 e. The zero-order valence-electron chi connectivity index (χ0n) is 23.3. The number of rotatable bonds is 4. The molecule has 4 aromatic carbocycles. The van der Waals surface area contributed by atoms with Crippen LogP contribution in [0.25, 0.3) is 31.4 Å². The van der Waals surface area contributed by atoms with Crippen LogP contribution in [0, 0.1) is 0 Å². The van der Waals surface area contributed by atoms with Gasteiger partial charge >= 0.3 is 0 Å². The molecule has 3 aromatic heterocycles. The first-order chi connectivity index (χ1) is 20.6. The van der Waals surface area contributed by atoms with E-state index in [0.717, 1.165) is 39.9 Å². The van der Waals surface area contributed by atoms with Gasteiger partial charge in [-0.3, -0.25) is 9.88 Å². The molecule has 42 heavy (non-hydrogen) atoms. The van der Waals surface area contributed by atoms with E-state index in [0.29, 0.717) is 0 Å². The molecule has 4 heterocycles. The standard InChI is InChI=1S/C37H27N3OS/c1-37(2)30-15-9-19-39-36(30)40(33-23-35-29(22-31(33)37)28-14-3-4-17-34(28)42-35)25-11-8-13-27(21-25)41-26-12-7-10-24(20-26)32-16-5-6-18-38-32/h3-23H,1-2H3. The monoisotopic (exact) mass is 561 g/mol. The van der Waals surface area contributed by atoms with Gasteiger partial charge in [-0.1, -0.05) is 62.4 Å². The molecule has 0 spiro atoms. The lowest BCUT2D eigenvalue weighted by molar-refractivity contribution is 0.483. The van der Waals surface area contributed by atoms with Crippen molar-refractivity contribution >= 4 is 48.7 Å². The van der Waals surface area contributed by atoms with Gasteiger partial charge in [-0.15, -0.1) is 11.3 Å². The molecule has 0 aliphatic carbocycles. The van der Waals surface area contributed by atoms with E-state index in [9.17, 15) is 0 Å². The molecule has 1 aliphatic rings. The SMILES string of the molecule is CC1(C)c2cc3c(cc2N(c2cccc(Oc4cccc(-c5ccccn5)c4)c2)c2ncccc21)sc1ccccc13. The molecule has 202 valence electrons. The van der Waals surface area contributed by atoms with E-state index in [2.05, 4.69) is 84.4 Å². The second-order valence-corrected chi connectivity index (χ2v) is 12.2. The number of ether oxygens (including phenoxy) is 1. The highest BCUT2D eigenvalue weighted by Crippen LogP contribution is 2.53. The molecule has 1 aliphatic heterocycles. The highest BCUT2D eigenvalue weighted by Gasteiger charge is 2.38. The van der Waals surface area contributed by atoms with Crippen LogP contribution in [0.5, 0.6) is 11.5 Å². The Morgan fingerprint density at radius 2 is 1.45 bits per heavy atom. The lowest BCUT2D eigenvalue weighted by Crippen LogP contribution is -2.31. The van der Waals surface area contributed by atoms with Crippen LogP contribution in [0.3, 0.4) is 0 Å². The van der Waals surface area contributed by atoms with Crippen molar-refractivity contribution in [1.29, 1.82) is 0 Å². The lowest BCUT2D eigenvalue weighted by Gasteiger charge is -2.41. The third kappa shape index (κ3) is 3.97. The molecular formula is C37H27N3OS. The molecule has 5 heteroatoms. The molecule has 0 unspecified atom stereocenters. The molecule has 4 nitrogen and oxygen atoms in total. The molecule has 7 aromatic rings. The van der Waals surface area contributed by atoms with Gasteiger partial charge in [0.15, 0.2) is 0 Å². The van der Waals surface area contributed by atoms with Crippen LogP contribution in [0.1, 0.15) is 25.0 Å². The third-order valence-corrected chi connectivity index (χ3v) is 9.32. The zero-order valence-corrected chi connectivity index (χ0v) is 24.1. The summed E-state index contributed by atoms with van der Waals surface area (Å²) in [5.41, 5.74) is 6.36. The van der Waals surface area contributed by atoms with Gasteiger partial charge in [0.2, 0.25) is 0 Å². The molecule has 0 saturated heterocycles. The van der Waals surface area contributed by atoms with Crippen molar-refractivity contribution in [2.24, 2.45) is 0 Å². The summed E-state index contributed by atoms with van der Waals surface area (Å²) in [4.78, 5) is 11.7. The smallest absolute Gasteiger partial charge is 0.141 e. The fourth-order valence-electron chi connectivity index (χ4n) is 6.10. The van der Waals surface area contributed by atoms with E-state index in [1.807, 2.05) is 78.3 Å². The molecule has 0 N–H and O–H groups in total. The van der Waals surface area contributed by atoms with E-state index in [1.54, 1.807) is 0 Å². The van der Waals surface area contributed by atoms with Crippen molar-refractivity contribution in [3.8, 4) is 22.8 Å². The third-order valence-electron chi connectivity index (χ3n) is 8.19. The molecule has 0 radical (unpaired) electrons. The summed E-state index contributed by atoms with van der Waals surface area (Å²) in [6.07, 6.45) is 3.69. The van der Waals surface area contributed by atoms with Gasteiger partial charge in [0.25, 0.3) is 0 Å². The summed E-state index contributed by atoms with van der Waals surface area (Å²) in [5, 5.41) is 2.61. The van der Waals surface area contributed by atoms with Gasteiger partial charge in [-0.25, -0.2) is 4.98 Å².